The molecule has 126 valence electrons. The summed E-state index contributed by atoms with van der Waals surface area (Å²) in [6.45, 7) is 9.70. The van der Waals surface area contributed by atoms with Crippen LogP contribution < -0.4 is 5.32 Å². The number of rotatable bonds is 5. The average molecular weight is 313 g/mol. The van der Waals surface area contributed by atoms with E-state index in [1.807, 2.05) is 0 Å². The standard InChI is InChI=1S/C15H27N3O4/c1-6-18-10(2)8-17(9-11(18)3)15(21)13(16-12(4)19)7-14(20)22-5/h10-11,13H,6-9H2,1-5H3,(H,16,19)/t10-,11+,13?. The summed E-state index contributed by atoms with van der Waals surface area (Å²) in [4.78, 5) is 39.5. The summed E-state index contributed by atoms with van der Waals surface area (Å²) in [7, 11) is 1.27. The third-order valence-electron chi connectivity index (χ3n) is 4.05. The number of carbonyl (C=O) groups excluding carboxylic acids is 3. The normalized spacial score (nSPS) is 23.8. The van der Waals surface area contributed by atoms with Crippen LogP contribution in [0.2, 0.25) is 0 Å². The molecule has 0 saturated carbocycles. The van der Waals surface area contributed by atoms with Crippen molar-refractivity contribution in [1.82, 2.24) is 15.1 Å². The fourth-order valence-electron chi connectivity index (χ4n) is 3.08. The van der Waals surface area contributed by atoms with Crippen LogP contribution in [0.4, 0.5) is 0 Å². The minimum Gasteiger partial charge on any atom is -0.469 e. The quantitative estimate of drug-likeness (QED) is 0.723. The van der Waals surface area contributed by atoms with Gasteiger partial charge in [-0.15, -0.1) is 0 Å². The van der Waals surface area contributed by atoms with E-state index in [4.69, 9.17) is 0 Å². The summed E-state index contributed by atoms with van der Waals surface area (Å²) >= 11 is 0. The lowest BCUT2D eigenvalue weighted by Gasteiger charge is -2.44. The van der Waals surface area contributed by atoms with Crippen LogP contribution in [0, 0.1) is 0 Å². The van der Waals surface area contributed by atoms with Gasteiger partial charge in [-0.3, -0.25) is 19.3 Å². The Hall–Kier alpha value is -1.63. The van der Waals surface area contributed by atoms with E-state index in [0.717, 1.165) is 6.54 Å². The first-order valence-electron chi connectivity index (χ1n) is 7.68. The van der Waals surface area contributed by atoms with Crippen LogP contribution in [0.3, 0.4) is 0 Å². The first-order chi connectivity index (χ1) is 10.3. The highest BCUT2D eigenvalue weighted by Crippen LogP contribution is 2.16. The van der Waals surface area contributed by atoms with Gasteiger partial charge in [-0.2, -0.15) is 0 Å². The molecule has 3 atom stereocenters. The average Bonchev–Trinajstić information content (AvgIpc) is 2.44. The number of piperazine rings is 1. The summed E-state index contributed by atoms with van der Waals surface area (Å²) in [6.07, 6.45) is -0.147. The number of hydrogen-bond donors (Lipinski definition) is 1. The molecule has 0 radical (unpaired) electrons. The fourth-order valence-corrected chi connectivity index (χ4v) is 3.08. The number of nitrogens with zero attached hydrogens (tertiary/aromatic N) is 2. The molecule has 0 aliphatic carbocycles. The minimum atomic E-state index is -0.863. The van der Waals surface area contributed by atoms with E-state index >= 15 is 0 Å². The molecule has 0 spiro atoms. The summed E-state index contributed by atoms with van der Waals surface area (Å²) in [5.74, 6) is -1.08. The zero-order valence-electron chi connectivity index (χ0n) is 14.1. The Morgan fingerprint density at radius 2 is 1.77 bits per heavy atom. The predicted octanol–water partition coefficient (Wildman–Crippen LogP) is -0.00470. The second-order valence-electron chi connectivity index (χ2n) is 5.81. The van der Waals surface area contributed by atoms with Crippen LogP contribution in [-0.4, -0.2) is 72.5 Å². The zero-order chi connectivity index (χ0) is 16.9. The molecule has 0 aromatic heterocycles. The summed E-state index contributed by atoms with van der Waals surface area (Å²) in [5.41, 5.74) is 0. The Kier molecular flexibility index (Phi) is 6.80. The second-order valence-corrected chi connectivity index (χ2v) is 5.81. The molecule has 2 amide bonds. The Bertz CT molecular complexity index is 415. The molecule has 1 heterocycles. The van der Waals surface area contributed by atoms with E-state index in [1.54, 1.807) is 4.90 Å². The molecular formula is C15H27N3O4. The SMILES string of the molecule is CCN1[C@H](C)CN(C(=O)C(CC(=O)OC)NC(C)=O)C[C@@H]1C. The van der Waals surface area contributed by atoms with Gasteiger partial charge in [-0.05, 0) is 20.4 Å². The molecule has 1 N–H and O–H groups in total. The van der Waals surface area contributed by atoms with Crippen LogP contribution in [0.1, 0.15) is 34.1 Å². The highest BCUT2D eigenvalue weighted by Gasteiger charge is 2.34. The van der Waals surface area contributed by atoms with Crippen LogP contribution in [0.5, 0.6) is 0 Å². The maximum Gasteiger partial charge on any atom is 0.308 e. The highest BCUT2D eigenvalue weighted by molar-refractivity contribution is 5.90. The first kappa shape index (κ1) is 18.4. The molecule has 0 bridgehead atoms. The monoisotopic (exact) mass is 313 g/mol. The second kappa shape index (κ2) is 8.12. The van der Waals surface area contributed by atoms with E-state index in [-0.39, 0.29) is 30.3 Å². The van der Waals surface area contributed by atoms with E-state index in [9.17, 15) is 14.4 Å². The van der Waals surface area contributed by atoms with Gasteiger partial charge in [0.2, 0.25) is 11.8 Å². The molecule has 1 aliphatic heterocycles. The lowest BCUT2D eigenvalue weighted by molar-refractivity contribution is -0.147. The molecule has 7 heteroatoms. The van der Waals surface area contributed by atoms with Crippen molar-refractivity contribution in [3.05, 3.63) is 0 Å². The van der Waals surface area contributed by atoms with Crippen molar-refractivity contribution in [3.63, 3.8) is 0 Å². The minimum absolute atomic E-state index is 0.147. The third-order valence-corrected chi connectivity index (χ3v) is 4.05. The maximum atomic E-state index is 12.7. The highest BCUT2D eigenvalue weighted by atomic mass is 16.5. The predicted molar refractivity (Wildman–Crippen MR) is 82.1 cm³/mol. The molecular weight excluding hydrogens is 286 g/mol. The number of nitrogens with one attached hydrogen (secondary N) is 1. The van der Waals surface area contributed by atoms with Gasteiger partial charge in [-0.25, -0.2) is 0 Å². The van der Waals surface area contributed by atoms with Crippen molar-refractivity contribution in [3.8, 4) is 0 Å². The number of amides is 2. The number of esters is 1. The van der Waals surface area contributed by atoms with Gasteiger partial charge in [0.05, 0.1) is 13.5 Å². The molecule has 1 rings (SSSR count). The maximum absolute atomic E-state index is 12.7. The lowest BCUT2D eigenvalue weighted by Crippen LogP contribution is -2.61. The van der Waals surface area contributed by atoms with Gasteiger partial charge < -0.3 is 15.0 Å². The third kappa shape index (κ3) is 4.69. The van der Waals surface area contributed by atoms with Crippen molar-refractivity contribution >= 4 is 17.8 Å². The van der Waals surface area contributed by atoms with Gasteiger partial charge >= 0.3 is 5.97 Å². The lowest BCUT2D eigenvalue weighted by atomic mass is 10.1. The van der Waals surface area contributed by atoms with Crippen molar-refractivity contribution in [2.45, 2.75) is 52.2 Å². The van der Waals surface area contributed by atoms with Gasteiger partial charge in [0.15, 0.2) is 0 Å². The molecule has 22 heavy (non-hydrogen) atoms. The molecule has 1 saturated heterocycles. The Balaban J connectivity index is 2.80. The van der Waals surface area contributed by atoms with E-state index in [0.29, 0.717) is 13.1 Å². The van der Waals surface area contributed by atoms with Gasteiger partial charge in [-0.1, -0.05) is 6.92 Å². The first-order valence-corrected chi connectivity index (χ1v) is 7.68. The van der Waals surface area contributed by atoms with Crippen molar-refractivity contribution in [2.75, 3.05) is 26.7 Å². The molecule has 0 aromatic carbocycles. The van der Waals surface area contributed by atoms with Crippen LogP contribution in [-0.2, 0) is 19.1 Å². The summed E-state index contributed by atoms with van der Waals surface area (Å²) in [5, 5.41) is 2.55. The zero-order valence-corrected chi connectivity index (χ0v) is 14.1. The largest absolute Gasteiger partial charge is 0.469 e. The van der Waals surface area contributed by atoms with Gasteiger partial charge in [0.1, 0.15) is 6.04 Å². The molecule has 1 aliphatic rings. The Morgan fingerprint density at radius 1 is 1.23 bits per heavy atom. The van der Waals surface area contributed by atoms with E-state index < -0.39 is 12.0 Å². The van der Waals surface area contributed by atoms with Crippen molar-refractivity contribution < 1.29 is 19.1 Å². The van der Waals surface area contributed by atoms with Gasteiger partial charge in [0, 0.05) is 32.1 Å². The number of likely N-dealkylation sites (N-methyl/N-ethyl adjacent to an activating group) is 1. The number of methoxy groups -OCH3 is 1. The number of ether oxygens (including phenoxy) is 1. The van der Waals surface area contributed by atoms with Crippen LogP contribution in [0.15, 0.2) is 0 Å². The number of hydrogen-bond acceptors (Lipinski definition) is 5. The fraction of sp³-hybridized carbons (Fsp3) is 0.800. The summed E-state index contributed by atoms with van der Waals surface area (Å²) in [6, 6.07) is -0.375. The molecule has 0 aromatic rings. The summed E-state index contributed by atoms with van der Waals surface area (Å²) < 4.78 is 4.61. The molecule has 1 fully saturated rings. The Morgan fingerprint density at radius 3 is 2.18 bits per heavy atom. The smallest absolute Gasteiger partial charge is 0.308 e. The molecule has 7 nitrogen and oxygen atoms in total. The molecule has 1 unspecified atom stereocenters. The van der Waals surface area contributed by atoms with E-state index in [1.165, 1.54) is 14.0 Å². The Labute approximate surface area is 132 Å². The van der Waals surface area contributed by atoms with Crippen LogP contribution >= 0.6 is 0 Å². The topological polar surface area (TPSA) is 79.0 Å². The number of carbonyl (C=O) groups is 3. The van der Waals surface area contributed by atoms with Crippen LogP contribution in [0.25, 0.3) is 0 Å². The van der Waals surface area contributed by atoms with E-state index in [2.05, 4.69) is 35.7 Å². The van der Waals surface area contributed by atoms with Crippen molar-refractivity contribution in [1.29, 1.82) is 0 Å². The van der Waals surface area contributed by atoms with Crippen molar-refractivity contribution in [2.24, 2.45) is 0 Å². The van der Waals surface area contributed by atoms with Gasteiger partial charge in [0.25, 0.3) is 0 Å².